The van der Waals surface area contributed by atoms with Crippen molar-refractivity contribution < 1.29 is 19.5 Å². The summed E-state index contributed by atoms with van der Waals surface area (Å²) in [6, 6.07) is 9.36. The van der Waals surface area contributed by atoms with Gasteiger partial charge in [-0.3, -0.25) is 9.59 Å². The fourth-order valence-corrected chi connectivity index (χ4v) is 2.36. The number of aryl methyl sites for hydroxylation is 1. The van der Waals surface area contributed by atoms with Gasteiger partial charge in [0, 0.05) is 22.5 Å². The molecule has 0 radical (unpaired) electrons. The van der Waals surface area contributed by atoms with Crippen LogP contribution in [0.25, 0.3) is 0 Å². The van der Waals surface area contributed by atoms with E-state index in [1.807, 2.05) is 6.92 Å². The summed E-state index contributed by atoms with van der Waals surface area (Å²) in [5.74, 6) is -2.67. The van der Waals surface area contributed by atoms with Crippen LogP contribution in [0, 0.1) is 6.92 Å². The maximum atomic E-state index is 12.4. The maximum Gasteiger partial charge on any atom is 0.257 e. The number of benzene rings is 2. The molecule has 0 aromatic heterocycles. The third-order valence-corrected chi connectivity index (χ3v) is 4.02. The summed E-state index contributed by atoms with van der Waals surface area (Å²) in [5.41, 5.74) is 1.77. The summed E-state index contributed by atoms with van der Waals surface area (Å²) in [6.07, 6.45) is 1.40. The molecule has 0 aliphatic heterocycles. The standard InChI is InChI=1S/C18H14Cl2N2O4/c1-10-2-3-12(9-15(10)20)22-18(26)13-8-11(4-5-14(13)19)21-16(23)6-7-17(24)25/h2-9H,1H3,(H,21,23)(H,22,26)(H,24,25)/p-1. The fraction of sp³-hybridized carbons (Fsp3) is 0.0556. The largest absolute Gasteiger partial charge is 0.545 e. The minimum atomic E-state index is -1.49. The molecular weight excluding hydrogens is 379 g/mol. The lowest BCUT2D eigenvalue weighted by Gasteiger charge is -2.10. The highest BCUT2D eigenvalue weighted by molar-refractivity contribution is 6.34. The molecular formula is C18H13Cl2N2O4-. The van der Waals surface area contributed by atoms with Crippen LogP contribution in [0.2, 0.25) is 10.0 Å². The summed E-state index contributed by atoms with van der Waals surface area (Å²) in [4.78, 5) is 34.3. The molecule has 0 fully saturated rings. The lowest BCUT2D eigenvalue weighted by Crippen LogP contribution is -2.20. The summed E-state index contributed by atoms with van der Waals surface area (Å²) >= 11 is 12.1. The number of amides is 2. The number of nitrogens with one attached hydrogen (secondary N) is 2. The molecule has 6 nitrogen and oxygen atoms in total. The van der Waals surface area contributed by atoms with Gasteiger partial charge < -0.3 is 20.5 Å². The van der Waals surface area contributed by atoms with Crippen LogP contribution in [-0.2, 0) is 9.59 Å². The second kappa shape index (κ2) is 8.51. The first kappa shape index (κ1) is 19.5. The van der Waals surface area contributed by atoms with Gasteiger partial charge in [0.25, 0.3) is 5.91 Å². The monoisotopic (exact) mass is 391 g/mol. The normalized spacial score (nSPS) is 10.6. The molecule has 0 saturated heterocycles. The van der Waals surface area contributed by atoms with E-state index < -0.39 is 17.8 Å². The first-order valence-electron chi connectivity index (χ1n) is 7.33. The van der Waals surface area contributed by atoms with Crippen molar-refractivity contribution in [1.29, 1.82) is 0 Å². The van der Waals surface area contributed by atoms with Crippen LogP contribution < -0.4 is 15.7 Å². The van der Waals surface area contributed by atoms with Crippen LogP contribution >= 0.6 is 23.2 Å². The van der Waals surface area contributed by atoms with Crippen molar-refractivity contribution in [2.75, 3.05) is 10.6 Å². The molecule has 2 aromatic carbocycles. The minimum absolute atomic E-state index is 0.130. The van der Waals surface area contributed by atoms with Crippen molar-refractivity contribution in [1.82, 2.24) is 0 Å². The number of carboxylic acids is 1. The first-order chi connectivity index (χ1) is 12.3. The lowest BCUT2D eigenvalue weighted by molar-refractivity contribution is -0.297. The van der Waals surface area contributed by atoms with Gasteiger partial charge in [-0.1, -0.05) is 29.3 Å². The van der Waals surface area contributed by atoms with Crippen LogP contribution in [0.15, 0.2) is 48.6 Å². The predicted molar refractivity (Wildman–Crippen MR) is 98.4 cm³/mol. The van der Waals surface area contributed by atoms with Crippen LogP contribution in [0.3, 0.4) is 0 Å². The molecule has 2 amide bonds. The van der Waals surface area contributed by atoms with Crippen molar-refractivity contribution in [3.8, 4) is 0 Å². The van der Waals surface area contributed by atoms with Gasteiger partial charge in [0.05, 0.1) is 16.6 Å². The highest BCUT2D eigenvalue weighted by Crippen LogP contribution is 2.24. The van der Waals surface area contributed by atoms with Gasteiger partial charge in [-0.15, -0.1) is 0 Å². The van der Waals surface area contributed by atoms with E-state index in [9.17, 15) is 19.5 Å². The van der Waals surface area contributed by atoms with E-state index in [-0.39, 0.29) is 16.3 Å². The molecule has 2 N–H and O–H groups in total. The van der Waals surface area contributed by atoms with Gasteiger partial charge in [0.2, 0.25) is 5.91 Å². The quantitative estimate of drug-likeness (QED) is 0.765. The third-order valence-electron chi connectivity index (χ3n) is 3.28. The van der Waals surface area contributed by atoms with Crippen molar-refractivity contribution >= 4 is 52.4 Å². The molecule has 0 spiro atoms. The van der Waals surface area contributed by atoms with Crippen LogP contribution in [0.4, 0.5) is 11.4 Å². The predicted octanol–water partition coefficient (Wildman–Crippen LogP) is 2.80. The van der Waals surface area contributed by atoms with Gasteiger partial charge in [0.1, 0.15) is 0 Å². The Morgan fingerprint density at radius 1 is 0.923 bits per heavy atom. The number of carbonyl (C=O) groups is 3. The Kier molecular flexibility index (Phi) is 6.38. The van der Waals surface area contributed by atoms with Crippen molar-refractivity contribution in [3.63, 3.8) is 0 Å². The van der Waals surface area contributed by atoms with E-state index >= 15 is 0 Å². The molecule has 26 heavy (non-hydrogen) atoms. The highest BCUT2D eigenvalue weighted by atomic mass is 35.5. The average Bonchev–Trinajstić information content (AvgIpc) is 2.58. The Bertz CT molecular complexity index is 910. The minimum Gasteiger partial charge on any atom is -0.545 e. The molecule has 8 heteroatoms. The lowest BCUT2D eigenvalue weighted by atomic mass is 10.1. The second-order valence-electron chi connectivity index (χ2n) is 5.25. The zero-order chi connectivity index (χ0) is 19.3. The van der Waals surface area contributed by atoms with Crippen molar-refractivity contribution in [3.05, 3.63) is 69.7 Å². The van der Waals surface area contributed by atoms with Crippen molar-refractivity contribution in [2.45, 2.75) is 6.92 Å². The zero-order valence-electron chi connectivity index (χ0n) is 13.5. The number of hydrogen-bond acceptors (Lipinski definition) is 4. The SMILES string of the molecule is Cc1ccc(NC(=O)c2cc(NC(=O)C=CC(=O)[O-])ccc2Cl)cc1Cl. The van der Waals surface area contributed by atoms with E-state index in [1.54, 1.807) is 18.2 Å². The summed E-state index contributed by atoms with van der Waals surface area (Å²) < 4.78 is 0. The summed E-state index contributed by atoms with van der Waals surface area (Å²) in [5, 5.41) is 16.1. The molecule has 0 unspecified atom stereocenters. The summed E-state index contributed by atoms with van der Waals surface area (Å²) in [6.45, 7) is 1.84. The van der Waals surface area contributed by atoms with Gasteiger partial charge in [-0.25, -0.2) is 0 Å². The van der Waals surface area contributed by atoms with Crippen LogP contribution in [-0.4, -0.2) is 17.8 Å². The Hall–Kier alpha value is -2.83. The number of rotatable bonds is 5. The molecule has 2 aromatic rings. The van der Waals surface area contributed by atoms with Gasteiger partial charge in [0.15, 0.2) is 0 Å². The first-order valence-corrected chi connectivity index (χ1v) is 8.09. The van der Waals surface area contributed by atoms with E-state index in [2.05, 4.69) is 10.6 Å². The average molecular weight is 392 g/mol. The second-order valence-corrected chi connectivity index (χ2v) is 6.07. The van der Waals surface area contributed by atoms with E-state index in [0.717, 1.165) is 11.6 Å². The van der Waals surface area contributed by atoms with Crippen LogP contribution in [0.5, 0.6) is 0 Å². The van der Waals surface area contributed by atoms with E-state index in [0.29, 0.717) is 16.8 Å². The van der Waals surface area contributed by atoms with E-state index in [1.165, 1.54) is 18.2 Å². The number of hydrogen-bond donors (Lipinski definition) is 2. The number of halogens is 2. The molecule has 0 bridgehead atoms. The molecule has 0 atom stereocenters. The molecule has 0 saturated carbocycles. The number of aliphatic carboxylic acids is 1. The Morgan fingerprint density at radius 3 is 2.23 bits per heavy atom. The Balaban J connectivity index is 2.17. The maximum absolute atomic E-state index is 12.4. The number of carboxylic acid groups (broad SMARTS) is 1. The molecule has 2 rings (SSSR count). The Morgan fingerprint density at radius 2 is 1.58 bits per heavy atom. The highest BCUT2D eigenvalue weighted by Gasteiger charge is 2.13. The smallest absolute Gasteiger partial charge is 0.257 e. The molecule has 134 valence electrons. The van der Waals surface area contributed by atoms with E-state index in [4.69, 9.17) is 23.2 Å². The third kappa shape index (κ3) is 5.34. The molecule has 0 aliphatic carbocycles. The van der Waals surface area contributed by atoms with Crippen molar-refractivity contribution in [2.24, 2.45) is 0 Å². The van der Waals surface area contributed by atoms with Gasteiger partial charge in [-0.05, 0) is 48.9 Å². The van der Waals surface area contributed by atoms with Gasteiger partial charge in [-0.2, -0.15) is 0 Å². The number of anilines is 2. The Labute approximate surface area is 159 Å². The summed E-state index contributed by atoms with van der Waals surface area (Å²) in [7, 11) is 0. The molecule has 0 heterocycles. The van der Waals surface area contributed by atoms with Crippen LogP contribution in [0.1, 0.15) is 15.9 Å². The fourth-order valence-electron chi connectivity index (χ4n) is 1.97. The van der Waals surface area contributed by atoms with Gasteiger partial charge >= 0.3 is 0 Å². The zero-order valence-corrected chi connectivity index (χ0v) is 15.0. The number of carbonyl (C=O) groups excluding carboxylic acids is 3. The molecule has 0 aliphatic rings. The topological polar surface area (TPSA) is 98.3 Å².